The van der Waals surface area contributed by atoms with Crippen LogP contribution in [0.4, 0.5) is 0 Å². The van der Waals surface area contributed by atoms with Crippen LogP contribution in [-0.4, -0.2) is 18.9 Å². The number of aryl methyl sites for hydroxylation is 2. The Morgan fingerprint density at radius 1 is 1.20 bits per heavy atom. The molecule has 0 aromatic heterocycles. The molecule has 0 aliphatic carbocycles. The van der Waals surface area contributed by atoms with Crippen LogP contribution in [0.3, 0.4) is 0 Å². The maximum atomic E-state index is 3.86. The van der Waals surface area contributed by atoms with Crippen molar-refractivity contribution in [3.63, 3.8) is 0 Å². The molecule has 1 rings (SSSR count). The summed E-state index contributed by atoms with van der Waals surface area (Å²) in [4.78, 5) is 0. The fraction of sp³-hybridized carbons (Fsp3) is 0.222. The average Bonchev–Trinajstić information content (AvgIpc) is 1.80. The standard InChI is InChI=1S/C9H11.Li.H/c1-7-4-5-8(2)9(3)6-7;;/h4-6H,2H2,1,3H3;;. The van der Waals surface area contributed by atoms with E-state index in [0.29, 0.717) is 0 Å². The van der Waals surface area contributed by atoms with Gasteiger partial charge in [0.15, 0.2) is 0 Å². The first-order valence-corrected chi connectivity index (χ1v) is 3.09. The molecule has 49 valence electrons. The van der Waals surface area contributed by atoms with Gasteiger partial charge in [-0.05, 0) is 31.9 Å². The number of benzene rings is 1. The van der Waals surface area contributed by atoms with Gasteiger partial charge in [0.25, 0.3) is 0 Å². The zero-order valence-corrected chi connectivity index (χ0v) is 5.94. The van der Waals surface area contributed by atoms with Crippen molar-refractivity contribution in [2.75, 3.05) is 0 Å². The van der Waals surface area contributed by atoms with Crippen LogP contribution in [0.1, 0.15) is 16.7 Å². The first kappa shape index (κ1) is 9.82. The fourth-order valence-corrected chi connectivity index (χ4v) is 0.846. The molecule has 0 amide bonds. The molecule has 0 aliphatic rings. The van der Waals surface area contributed by atoms with Crippen LogP contribution in [0.15, 0.2) is 18.2 Å². The van der Waals surface area contributed by atoms with Crippen LogP contribution in [-0.2, 0) is 0 Å². The van der Waals surface area contributed by atoms with Gasteiger partial charge in [-0.3, -0.25) is 0 Å². The Kier molecular flexibility index (Phi) is 3.79. The second kappa shape index (κ2) is 3.86. The summed E-state index contributed by atoms with van der Waals surface area (Å²) in [5.74, 6) is 0. The van der Waals surface area contributed by atoms with Crippen LogP contribution < -0.4 is 0 Å². The molecule has 0 saturated carbocycles. The molecule has 0 heterocycles. The van der Waals surface area contributed by atoms with E-state index in [0.717, 1.165) is 5.56 Å². The van der Waals surface area contributed by atoms with Crippen LogP contribution in [0.2, 0.25) is 0 Å². The molecule has 0 aliphatic heterocycles. The van der Waals surface area contributed by atoms with Crippen molar-refractivity contribution in [2.24, 2.45) is 0 Å². The van der Waals surface area contributed by atoms with Crippen molar-refractivity contribution in [3.05, 3.63) is 41.8 Å². The minimum atomic E-state index is 0. The van der Waals surface area contributed by atoms with Gasteiger partial charge in [-0.15, -0.1) is 0 Å². The summed E-state index contributed by atoms with van der Waals surface area (Å²) in [6.07, 6.45) is 0. The number of hydrogen-bond donors (Lipinski definition) is 0. The van der Waals surface area contributed by atoms with E-state index in [1.807, 2.05) is 6.07 Å². The van der Waals surface area contributed by atoms with E-state index in [1.165, 1.54) is 11.1 Å². The van der Waals surface area contributed by atoms with Crippen molar-refractivity contribution in [1.82, 2.24) is 0 Å². The zero-order valence-electron chi connectivity index (χ0n) is 5.94. The predicted molar refractivity (Wildman–Crippen MR) is 47.5 cm³/mol. The molecule has 10 heavy (non-hydrogen) atoms. The molecule has 1 aromatic carbocycles. The molecular weight excluding hydrogens is 115 g/mol. The second-order valence-corrected chi connectivity index (χ2v) is 2.43. The van der Waals surface area contributed by atoms with Crippen LogP contribution in [0.5, 0.6) is 0 Å². The van der Waals surface area contributed by atoms with Crippen molar-refractivity contribution in [2.45, 2.75) is 13.8 Å². The van der Waals surface area contributed by atoms with E-state index in [2.05, 4.69) is 32.9 Å². The van der Waals surface area contributed by atoms with E-state index in [4.69, 9.17) is 0 Å². The van der Waals surface area contributed by atoms with Crippen LogP contribution >= 0.6 is 0 Å². The van der Waals surface area contributed by atoms with Gasteiger partial charge < -0.3 is 0 Å². The molecule has 0 fully saturated rings. The Labute approximate surface area is 74.8 Å². The van der Waals surface area contributed by atoms with Crippen LogP contribution in [0, 0.1) is 20.8 Å². The van der Waals surface area contributed by atoms with E-state index >= 15 is 0 Å². The molecule has 0 spiro atoms. The van der Waals surface area contributed by atoms with Gasteiger partial charge in [-0.1, -0.05) is 23.8 Å². The van der Waals surface area contributed by atoms with Gasteiger partial charge in [0.05, 0.1) is 0 Å². The summed E-state index contributed by atoms with van der Waals surface area (Å²) >= 11 is 0. The fourth-order valence-electron chi connectivity index (χ4n) is 0.846. The second-order valence-electron chi connectivity index (χ2n) is 2.43. The molecule has 1 aromatic rings. The molecule has 0 atom stereocenters. The van der Waals surface area contributed by atoms with Gasteiger partial charge in [-0.2, -0.15) is 0 Å². The molecular formula is C9H12Li. The summed E-state index contributed by atoms with van der Waals surface area (Å²) in [6.45, 7) is 8.03. The maximum absolute atomic E-state index is 3.86. The SMILES string of the molecule is [CH2]c1ccc(C)cc1C.[LiH]. The Morgan fingerprint density at radius 3 is 2.20 bits per heavy atom. The summed E-state index contributed by atoms with van der Waals surface area (Å²) in [5.41, 5.74) is 3.70. The van der Waals surface area contributed by atoms with E-state index in [9.17, 15) is 0 Å². The van der Waals surface area contributed by atoms with Crippen molar-refractivity contribution < 1.29 is 0 Å². The molecule has 1 radical (unpaired) electrons. The zero-order chi connectivity index (χ0) is 6.85. The van der Waals surface area contributed by atoms with E-state index < -0.39 is 0 Å². The monoisotopic (exact) mass is 127 g/mol. The van der Waals surface area contributed by atoms with E-state index in [1.54, 1.807) is 0 Å². The van der Waals surface area contributed by atoms with E-state index in [-0.39, 0.29) is 18.9 Å². The normalized spacial score (nSPS) is 8.70. The number of rotatable bonds is 0. The molecule has 0 unspecified atom stereocenters. The topological polar surface area (TPSA) is 0 Å². The first-order valence-electron chi connectivity index (χ1n) is 3.09. The molecule has 0 saturated heterocycles. The summed E-state index contributed by atoms with van der Waals surface area (Å²) in [6, 6.07) is 6.27. The van der Waals surface area contributed by atoms with Gasteiger partial charge in [-0.25, -0.2) is 0 Å². The molecule has 0 bridgehead atoms. The molecule has 0 N–H and O–H groups in total. The summed E-state index contributed by atoms with van der Waals surface area (Å²) in [5, 5.41) is 0. The molecule has 1 heteroatoms. The minimum absolute atomic E-state index is 0. The van der Waals surface area contributed by atoms with Gasteiger partial charge in [0.1, 0.15) is 0 Å². The Bertz CT molecular complexity index is 216. The third kappa shape index (κ3) is 2.21. The van der Waals surface area contributed by atoms with Crippen molar-refractivity contribution >= 4 is 18.9 Å². The van der Waals surface area contributed by atoms with Crippen molar-refractivity contribution in [1.29, 1.82) is 0 Å². The Hall–Kier alpha value is -0.183. The summed E-state index contributed by atoms with van der Waals surface area (Å²) in [7, 11) is 0. The average molecular weight is 127 g/mol. The van der Waals surface area contributed by atoms with Crippen molar-refractivity contribution in [3.8, 4) is 0 Å². The van der Waals surface area contributed by atoms with Gasteiger partial charge >= 0.3 is 18.9 Å². The third-order valence-electron chi connectivity index (χ3n) is 1.50. The first-order chi connectivity index (χ1) is 4.20. The Morgan fingerprint density at radius 2 is 1.80 bits per heavy atom. The summed E-state index contributed by atoms with van der Waals surface area (Å²) < 4.78 is 0. The quantitative estimate of drug-likeness (QED) is 0.466. The van der Waals surface area contributed by atoms with Gasteiger partial charge in [0, 0.05) is 0 Å². The van der Waals surface area contributed by atoms with Gasteiger partial charge in [0.2, 0.25) is 0 Å². The van der Waals surface area contributed by atoms with Crippen LogP contribution in [0.25, 0.3) is 0 Å². The number of hydrogen-bond acceptors (Lipinski definition) is 0. The molecule has 0 nitrogen and oxygen atoms in total. The predicted octanol–water partition coefficient (Wildman–Crippen LogP) is 1.84. The third-order valence-corrected chi connectivity index (χ3v) is 1.50. The Balaban J connectivity index is 0.000000810.